The number of rotatable bonds is 5. The van der Waals surface area contributed by atoms with Crippen molar-refractivity contribution in [3.05, 3.63) is 169 Å². The van der Waals surface area contributed by atoms with Crippen LogP contribution in [-0.4, -0.2) is 15.0 Å². The van der Waals surface area contributed by atoms with E-state index in [0.717, 1.165) is 95.7 Å². The molecule has 0 aliphatic heterocycles. The summed E-state index contributed by atoms with van der Waals surface area (Å²) in [6.07, 6.45) is 6.41. The lowest BCUT2D eigenvalue weighted by Gasteiger charge is -2.15. The van der Waals surface area contributed by atoms with E-state index in [-0.39, 0.29) is 0 Å². The van der Waals surface area contributed by atoms with Crippen molar-refractivity contribution in [1.82, 2.24) is 15.0 Å². The van der Waals surface area contributed by atoms with Gasteiger partial charge in [0.1, 0.15) is 22.3 Å². The Morgan fingerprint density at radius 3 is 1.74 bits per heavy atom. The van der Waals surface area contributed by atoms with Gasteiger partial charge in [0.15, 0.2) is 17.5 Å². The van der Waals surface area contributed by atoms with Gasteiger partial charge in [0, 0.05) is 43.8 Å². The maximum atomic E-state index is 6.65. The van der Waals surface area contributed by atoms with Crippen molar-refractivity contribution in [1.29, 1.82) is 0 Å². The van der Waals surface area contributed by atoms with Crippen LogP contribution in [0, 0.1) is 0 Å². The number of hydrogen-bond acceptors (Lipinski definition) is 5. The molecule has 5 nitrogen and oxygen atoms in total. The summed E-state index contributed by atoms with van der Waals surface area (Å²) in [5.41, 5.74) is 12.9. The molecule has 0 N–H and O–H groups in total. The molecule has 1 aliphatic carbocycles. The summed E-state index contributed by atoms with van der Waals surface area (Å²) in [6, 6.07) is 52.2. The summed E-state index contributed by atoms with van der Waals surface area (Å²) < 4.78 is 13.3. The number of fused-ring (bicyclic) bond motifs is 8. The van der Waals surface area contributed by atoms with E-state index in [4.69, 9.17) is 23.8 Å². The van der Waals surface area contributed by atoms with Gasteiger partial charge in [0.2, 0.25) is 0 Å². The predicted octanol–water partition coefficient (Wildman–Crippen LogP) is 13.0. The van der Waals surface area contributed by atoms with E-state index in [0.29, 0.717) is 17.5 Å². The first-order chi connectivity index (χ1) is 26.7. The molecule has 0 saturated carbocycles. The first-order valence-corrected chi connectivity index (χ1v) is 18.3. The molecule has 54 heavy (non-hydrogen) atoms. The summed E-state index contributed by atoms with van der Waals surface area (Å²) in [4.78, 5) is 15.5. The molecule has 0 radical (unpaired) electrons. The van der Waals surface area contributed by atoms with Gasteiger partial charge in [-0.3, -0.25) is 0 Å². The highest BCUT2D eigenvalue weighted by atomic mass is 16.3. The minimum Gasteiger partial charge on any atom is -0.456 e. The van der Waals surface area contributed by atoms with Crippen LogP contribution in [0.15, 0.2) is 167 Å². The maximum absolute atomic E-state index is 6.65. The van der Waals surface area contributed by atoms with Crippen molar-refractivity contribution < 1.29 is 8.83 Å². The van der Waals surface area contributed by atoms with Crippen molar-refractivity contribution in [3.8, 4) is 56.4 Å². The van der Waals surface area contributed by atoms with Gasteiger partial charge in [-0.1, -0.05) is 133 Å². The monoisotopic (exact) mass is 693 g/mol. The normalized spacial score (nSPS) is 12.6. The van der Waals surface area contributed by atoms with E-state index in [2.05, 4.69) is 109 Å². The molecule has 10 aromatic rings. The highest BCUT2D eigenvalue weighted by Gasteiger charge is 2.24. The van der Waals surface area contributed by atoms with Crippen molar-refractivity contribution in [3.63, 3.8) is 0 Å². The Labute approximate surface area is 310 Å². The van der Waals surface area contributed by atoms with Gasteiger partial charge in [-0.05, 0) is 71.0 Å². The van der Waals surface area contributed by atoms with Crippen LogP contribution >= 0.6 is 0 Å². The number of furan rings is 2. The SMILES string of the molecule is C1=Cc2cc(-c3cc(-c4nc(-c5ccccc5)nc(-c5ccc(-c6ccccc6)cc5)n4)c4c(c3)oc3ccccc34)c3c(oc4ccccc43)c2CC1. The van der Waals surface area contributed by atoms with Crippen molar-refractivity contribution in [2.75, 3.05) is 0 Å². The van der Waals surface area contributed by atoms with E-state index in [1.807, 2.05) is 54.6 Å². The minimum absolute atomic E-state index is 0.579. The second kappa shape index (κ2) is 12.2. The number of aromatic nitrogens is 3. The van der Waals surface area contributed by atoms with Gasteiger partial charge in [-0.2, -0.15) is 0 Å². The van der Waals surface area contributed by atoms with Crippen LogP contribution in [0.1, 0.15) is 17.5 Å². The molecular formula is C49H31N3O2. The van der Waals surface area contributed by atoms with Crippen LogP contribution in [0.25, 0.3) is 106 Å². The fourth-order valence-corrected chi connectivity index (χ4v) is 8.01. The van der Waals surface area contributed by atoms with Gasteiger partial charge < -0.3 is 8.83 Å². The zero-order valence-electron chi connectivity index (χ0n) is 29.2. The number of nitrogens with zero attached hydrogens (tertiary/aromatic N) is 3. The van der Waals surface area contributed by atoms with Crippen LogP contribution in [0.4, 0.5) is 0 Å². The number of hydrogen-bond donors (Lipinski definition) is 0. The first kappa shape index (κ1) is 30.5. The summed E-state index contributed by atoms with van der Waals surface area (Å²) in [5, 5.41) is 4.19. The molecule has 11 rings (SSSR count). The Balaban J connectivity index is 1.19. The average molecular weight is 694 g/mol. The first-order valence-electron chi connectivity index (χ1n) is 18.3. The molecule has 0 saturated heterocycles. The quantitative estimate of drug-likeness (QED) is 0.179. The number of allylic oxidation sites excluding steroid dienone is 1. The lowest BCUT2D eigenvalue weighted by Crippen LogP contribution is -2.01. The molecule has 0 unspecified atom stereocenters. The molecule has 3 heterocycles. The molecule has 0 bridgehead atoms. The molecule has 3 aromatic heterocycles. The molecule has 0 atom stereocenters. The second-order valence-corrected chi connectivity index (χ2v) is 13.8. The minimum atomic E-state index is 0.579. The Morgan fingerprint density at radius 1 is 0.426 bits per heavy atom. The Morgan fingerprint density at radius 2 is 1.00 bits per heavy atom. The van der Waals surface area contributed by atoms with E-state index >= 15 is 0 Å². The van der Waals surface area contributed by atoms with Gasteiger partial charge in [-0.25, -0.2) is 15.0 Å². The largest absolute Gasteiger partial charge is 0.456 e. The third-order valence-corrected chi connectivity index (χ3v) is 10.6. The lowest BCUT2D eigenvalue weighted by atomic mass is 9.88. The van der Waals surface area contributed by atoms with Crippen molar-refractivity contribution in [2.45, 2.75) is 12.8 Å². The fraction of sp³-hybridized carbons (Fsp3) is 0.0408. The number of aryl methyl sites for hydroxylation is 1. The highest BCUT2D eigenvalue weighted by molar-refractivity contribution is 6.17. The molecule has 7 aromatic carbocycles. The van der Waals surface area contributed by atoms with E-state index in [9.17, 15) is 0 Å². The fourth-order valence-electron chi connectivity index (χ4n) is 8.01. The Kier molecular flexibility index (Phi) is 6.92. The Bertz CT molecular complexity index is 3090. The van der Waals surface area contributed by atoms with Crippen LogP contribution in [0.2, 0.25) is 0 Å². The van der Waals surface area contributed by atoms with E-state index < -0.39 is 0 Å². The molecule has 1 aliphatic rings. The molecule has 0 spiro atoms. The topological polar surface area (TPSA) is 65.0 Å². The Hall–Kier alpha value is -7.11. The lowest BCUT2D eigenvalue weighted by molar-refractivity contribution is 0.661. The van der Waals surface area contributed by atoms with Crippen LogP contribution in [0.5, 0.6) is 0 Å². The highest BCUT2D eigenvalue weighted by Crippen LogP contribution is 2.45. The van der Waals surface area contributed by atoms with Crippen molar-refractivity contribution in [2.24, 2.45) is 0 Å². The summed E-state index contributed by atoms with van der Waals surface area (Å²) in [7, 11) is 0. The summed E-state index contributed by atoms with van der Waals surface area (Å²) in [5.74, 6) is 1.79. The average Bonchev–Trinajstić information content (AvgIpc) is 3.83. The van der Waals surface area contributed by atoms with Crippen molar-refractivity contribution >= 4 is 50.0 Å². The van der Waals surface area contributed by atoms with E-state index in [1.165, 1.54) is 11.1 Å². The van der Waals surface area contributed by atoms with Gasteiger partial charge >= 0.3 is 0 Å². The number of benzene rings is 7. The molecule has 0 fully saturated rings. The zero-order valence-corrected chi connectivity index (χ0v) is 29.2. The van der Waals surface area contributed by atoms with Gasteiger partial charge in [0.05, 0.1) is 0 Å². The molecular weight excluding hydrogens is 663 g/mol. The van der Waals surface area contributed by atoms with E-state index in [1.54, 1.807) is 0 Å². The predicted molar refractivity (Wildman–Crippen MR) is 219 cm³/mol. The van der Waals surface area contributed by atoms with Crippen LogP contribution < -0.4 is 0 Å². The molecule has 0 amide bonds. The van der Waals surface area contributed by atoms with Crippen LogP contribution in [0.3, 0.4) is 0 Å². The number of para-hydroxylation sites is 2. The van der Waals surface area contributed by atoms with Gasteiger partial charge in [-0.15, -0.1) is 0 Å². The maximum Gasteiger partial charge on any atom is 0.164 e. The standard InChI is InChI=1S/C49H31N3O2/c1-3-13-30(14-4-1)31-23-25-33(26-24-31)48-50-47(32-15-5-2-6-16-32)51-49(52-48)40-28-35(29-43-44(40)37-19-9-11-21-41(37)53-43)39-27-34-17-7-8-18-36(34)46-45(39)38-20-10-12-22-42(38)54-46/h1-7,9-17,19-29H,8,18H2. The smallest absolute Gasteiger partial charge is 0.164 e. The van der Waals surface area contributed by atoms with Gasteiger partial charge in [0.25, 0.3) is 0 Å². The zero-order chi connectivity index (χ0) is 35.6. The molecule has 5 heteroatoms. The third kappa shape index (κ3) is 4.97. The third-order valence-electron chi connectivity index (χ3n) is 10.6. The second-order valence-electron chi connectivity index (χ2n) is 13.8. The summed E-state index contributed by atoms with van der Waals surface area (Å²) >= 11 is 0. The molecule has 254 valence electrons. The summed E-state index contributed by atoms with van der Waals surface area (Å²) in [6.45, 7) is 0. The van der Waals surface area contributed by atoms with Crippen LogP contribution in [-0.2, 0) is 6.42 Å².